The van der Waals surface area contributed by atoms with E-state index < -0.39 is 17.5 Å². The van der Waals surface area contributed by atoms with E-state index in [0.29, 0.717) is 22.6 Å². The molecule has 0 saturated heterocycles. The molecule has 1 heterocycles. The minimum atomic E-state index is -1.04. The highest BCUT2D eigenvalue weighted by atomic mass is 35.5. The first-order chi connectivity index (χ1) is 16.4. The van der Waals surface area contributed by atoms with E-state index >= 15 is 0 Å². The van der Waals surface area contributed by atoms with E-state index in [9.17, 15) is 13.6 Å². The Balaban J connectivity index is 1.60. The standard InChI is InChI=1S/C24H19ClF2N4O2S/c1-2-33-19-9-7-18(8-10-19)31-23(15-4-3-5-16(25)12-15)29-30-24(31)34-14-22(32)28-17-6-11-20(26)21(27)13-17/h3-13H,2,14H2,1H3,(H,28,32). The summed E-state index contributed by atoms with van der Waals surface area (Å²) >= 11 is 7.33. The number of halogens is 3. The Labute approximate surface area is 203 Å². The molecule has 174 valence electrons. The zero-order valence-corrected chi connectivity index (χ0v) is 19.5. The maximum atomic E-state index is 13.4. The van der Waals surface area contributed by atoms with Gasteiger partial charge in [-0.2, -0.15) is 0 Å². The molecule has 0 fully saturated rings. The van der Waals surface area contributed by atoms with Gasteiger partial charge >= 0.3 is 0 Å². The topological polar surface area (TPSA) is 69.0 Å². The lowest BCUT2D eigenvalue weighted by atomic mass is 10.2. The lowest BCUT2D eigenvalue weighted by Crippen LogP contribution is -2.15. The Morgan fingerprint density at radius 2 is 1.85 bits per heavy atom. The maximum Gasteiger partial charge on any atom is 0.234 e. The highest BCUT2D eigenvalue weighted by molar-refractivity contribution is 7.99. The zero-order valence-electron chi connectivity index (χ0n) is 18.0. The number of ether oxygens (including phenoxy) is 1. The Kier molecular flexibility index (Phi) is 7.44. The molecule has 0 radical (unpaired) electrons. The van der Waals surface area contributed by atoms with Gasteiger partial charge in [0.25, 0.3) is 0 Å². The van der Waals surface area contributed by atoms with Crippen molar-refractivity contribution in [2.45, 2.75) is 12.1 Å². The van der Waals surface area contributed by atoms with Crippen LogP contribution in [0.5, 0.6) is 5.75 Å². The Hall–Kier alpha value is -3.43. The summed E-state index contributed by atoms with van der Waals surface area (Å²) in [7, 11) is 0. The number of amides is 1. The van der Waals surface area contributed by atoms with Crippen molar-refractivity contribution in [2.24, 2.45) is 0 Å². The molecule has 0 aliphatic rings. The number of anilines is 1. The van der Waals surface area contributed by atoms with Crippen LogP contribution in [0.1, 0.15) is 6.92 Å². The summed E-state index contributed by atoms with van der Waals surface area (Å²) in [5, 5.41) is 12.2. The predicted octanol–water partition coefficient (Wildman–Crippen LogP) is 6.00. The summed E-state index contributed by atoms with van der Waals surface area (Å²) in [6, 6.07) is 17.8. The van der Waals surface area contributed by atoms with E-state index in [-0.39, 0.29) is 11.4 Å². The number of aromatic nitrogens is 3. The summed E-state index contributed by atoms with van der Waals surface area (Å²) in [5.41, 5.74) is 1.69. The van der Waals surface area contributed by atoms with Crippen molar-refractivity contribution in [3.8, 4) is 22.8 Å². The Morgan fingerprint density at radius 3 is 2.56 bits per heavy atom. The molecule has 4 rings (SSSR count). The fourth-order valence-electron chi connectivity index (χ4n) is 3.17. The molecular weight excluding hydrogens is 482 g/mol. The van der Waals surface area contributed by atoms with Gasteiger partial charge in [0.15, 0.2) is 22.6 Å². The third-order valence-corrected chi connectivity index (χ3v) is 5.82. The molecule has 34 heavy (non-hydrogen) atoms. The van der Waals surface area contributed by atoms with Crippen LogP contribution < -0.4 is 10.1 Å². The van der Waals surface area contributed by atoms with Crippen molar-refractivity contribution in [1.82, 2.24) is 14.8 Å². The summed E-state index contributed by atoms with van der Waals surface area (Å²) in [5.74, 6) is -1.17. The van der Waals surface area contributed by atoms with Gasteiger partial charge in [0.1, 0.15) is 5.75 Å². The lowest BCUT2D eigenvalue weighted by Gasteiger charge is -2.12. The molecule has 0 unspecified atom stereocenters. The minimum Gasteiger partial charge on any atom is -0.494 e. The van der Waals surface area contributed by atoms with Gasteiger partial charge in [0, 0.05) is 28.0 Å². The van der Waals surface area contributed by atoms with Crippen LogP contribution in [0.3, 0.4) is 0 Å². The van der Waals surface area contributed by atoms with Crippen molar-refractivity contribution in [3.05, 3.63) is 83.4 Å². The number of carbonyl (C=O) groups is 1. The van der Waals surface area contributed by atoms with Gasteiger partial charge < -0.3 is 10.1 Å². The number of nitrogens with zero attached hydrogens (tertiary/aromatic N) is 3. The van der Waals surface area contributed by atoms with Gasteiger partial charge in [-0.15, -0.1) is 10.2 Å². The quantitative estimate of drug-likeness (QED) is 0.301. The Bertz CT molecular complexity index is 1310. The normalized spacial score (nSPS) is 10.8. The molecule has 0 spiro atoms. The monoisotopic (exact) mass is 500 g/mol. The second-order valence-corrected chi connectivity index (χ2v) is 8.42. The first-order valence-corrected chi connectivity index (χ1v) is 11.6. The first kappa shape index (κ1) is 23.7. The van der Waals surface area contributed by atoms with Gasteiger partial charge in [-0.3, -0.25) is 9.36 Å². The second-order valence-electron chi connectivity index (χ2n) is 7.04. The summed E-state index contributed by atoms with van der Waals surface area (Å²) < 4.78 is 33.9. The highest BCUT2D eigenvalue weighted by Gasteiger charge is 2.18. The van der Waals surface area contributed by atoms with Crippen LogP contribution >= 0.6 is 23.4 Å². The molecule has 6 nitrogen and oxygen atoms in total. The van der Waals surface area contributed by atoms with Gasteiger partial charge in [-0.25, -0.2) is 8.78 Å². The van der Waals surface area contributed by atoms with Crippen molar-refractivity contribution in [1.29, 1.82) is 0 Å². The van der Waals surface area contributed by atoms with Crippen LogP contribution in [0.15, 0.2) is 71.9 Å². The van der Waals surface area contributed by atoms with E-state index in [1.165, 1.54) is 6.07 Å². The molecule has 0 aliphatic heterocycles. The number of benzene rings is 3. The minimum absolute atomic E-state index is 0.0241. The fourth-order valence-corrected chi connectivity index (χ4v) is 4.11. The molecule has 0 bridgehead atoms. The van der Waals surface area contributed by atoms with E-state index in [2.05, 4.69) is 15.5 Å². The lowest BCUT2D eigenvalue weighted by molar-refractivity contribution is -0.113. The van der Waals surface area contributed by atoms with Crippen molar-refractivity contribution < 1.29 is 18.3 Å². The average molecular weight is 501 g/mol. The van der Waals surface area contributed by atoms with E-state index in [1.54, 1.807) is 12.1 Å². The number of nitrogens with one attached hydrogen (secondary N) is 1. The summed E-state index contributed by atoms with van der Waals surface area (Å²) in [4.78, 5) is 12.4. The van der Waals surface area contributed by atoms with Gasteiger partial charge in [-0.05, 0) is 55.5 Å². The molecule has 10 heteroatoms. The number of carbonyl (C=O) groups excluding carboxylic acids is 1. The average Bonchev–Trinajstić information content (AvgIpc) is 3.25. The Morgan fingerprint density at radius 1 is 1.06 bits per heavy atom. The molecule has 3 aromatic carbocycles. The van der Waals surface area contributed by atoms with E-state index in [0.717, 1.165) is 40.9 Å². The van der Waals surface area contributed by atoms with Crippen molar-refractivity contribution >= 4 is 35.0 Å². The summed E-state index contributed by atoms with van der Waals surface area (Å²) in [6.45, 7) is 2.46. The first-order valence-electron chi connectivity index (χ1n) is 10.3. The van der Waals surface area contributed by atoms with Crippen LogP contribution in [-0.2, 0) is 4.79 Å². The molecule has 1 N–H and O–H groups in total. The molecule has 0 atom stereocenters. The largest absolute Gasteiger partial charge is 0.494 e. The fraction of sp³-hybridized carbons (Fsp3) is 0.125. The second kappa shape index (κ2) is 10.7. The number of hydrogen-bond acceptors (Lipinski definition) is 5. The summed E-state index contributed by atoms with van der Waals surface area (Å²) in [6.07, 6.45) is 0. The van der Waals surface area contributed by atoms with Crippen LogP contribution in [0.2, 0.25) is 5.02 Å². The third-order valence-electron chi connectivity index (χ3n) is 4.66. The number of hydrogen-bond donors (Lipinski definition) is 1. The number of thioether (sulfide) groups is 1. The van der Waals surface area contributed by atoms with Crippen molar-refractivity contribution in [3.63, 3.8) is 0 Å². The van der Waals surface area contributed by atoms with Gasteiger partial charge in [0.2, 0.25) is 5.91 Å². The number of rotatable bonds is 8. The molecule has 1 aromatic heterocycles. The smallest absolute Gasteiger partial charge is 0.234 e. The van der Waals surface area contributed by atoms with E-state index in [1.807, 2.05) is 47.9 Å². The predicted molar refractivity (Wildman–Crippen MR) is 129 cm³/mol. The van der Waals surface area contributed by atoms with Crippen LogP contribution in [0.25, 0.3) is 17.1 Å². The molecule has 0 saturated carbocycles. The van der Waals surface area contributed by atoms with E-state index in [4.69, 9.17) is 16.3 Å². The van der Waals surface area contributed by atoms with Crippen LogP contribution in [-0.4, -0.2) is 33.0 Å². The SMILES string of the molecule is CCOc1ccc(-n2c(SCC(=O)Nc3ccc(F)c(F)c3)nnc2-c2cccc(Cl)c2)cc1. The highest BCUT2D eigenvalue weighted by Crippen LogP contribution is 2.30. The van der Waals surface area contributed by atoms with Gasteiger partial charge in [0.05, 0.1) is 12.4 Å². The zero-order chi connectivity index (χ0) is 24.1. The maximum absolute atomic E-state index is 13.4. The van der Waals surface area contributed by atoms with Crippen molar-refractivity contribution in [2.75, 3.05) is 17.7 Å². The van der Waals surface area contributed by atoms with Gasteiger partial charge in [-0.1, -0.05) is 35.5 Å². The molecule has 4 aromatic rings. The van der Waals surface area contributed by atoms with Crippen LogP contribution in [0.4, 0.5) is 14.5 Å². The van der Waals surface area contributed by atoms with Crippen LogP contribution in [0, 0.1) is 11.6 Å². The molecule has 0 aliphatic carbocycles. The molecule has 1 amide bonds. The third kappa shape index (κ3) is 5.55. The molecular formula is C24H19ClF2N4O2S.